The third kappa shape index (κ3) is 6.57. The van der Waals surface area contributed by atoms with Crippen LogP contribution in [-0.4, -0.2) is 56.6 Å². The SMILES string of the molecule is C=CC(=O)Nc1ccnc(-c2c(F)ccc3cnc(Nc4ccc(NC5CN(C(=O)OC(C)(C)C)C5)cc4)nc23)c1. The van der Waals surface area contributed by atoms with Gasteiger partial charge in [-0.1, -0.05) is 6.58 Å². The Labute approximate surface area is 236 Å². The zero-order chi connectivity index (χ0) is 29.1. The fraction of sp³-hybridized carbons (Fsp3) is 0.233. The molecule has 0 spiro atoms. The lowest BCUT2D eigenvalue weighted by Gasteiger charge is -2.40. The Hall–Kier alpha value is -5.06. The number of anilines is 4. The van der Waals surface area contributed by atoms with Crippen molar-refractivity contribution in [2.24, 2.45) is 0 Å². The van der Waals surface area contributed by atoms with Gasteiger partial charge in [0.1, 0.15) is 11.4 Å². The maximum atomic E-state index is 15.1. The quantitative estimate of drug-likeness (QED) is 0.247. The molecule has 3 N–H and O–H groups in total. The van der Waals surface area contributed by atoms with Crippen LogP contribution < -0.4 is 16.0 Å². The molecule has 5 rings (SSSR count). The highest BCUT2D eigenvalue weighted by Crippen LogP contribution is 2.31. The number of nitrogens with one attached hydrogen (secondary N) is 3. The molecule has 3 heterocycles. The van der Waals surface area contributed by atoms with E-state index in [-0.39, 0.29) is 29.6 Å². The number of hydrogen-bond acceptors (Lipinski definition) is 8. The summed E-state index contributed by atoms with van der Waals surface area (Å²) in [6.07, 6.45) is 3.94. The molecular formula is C30H30FN7O3. The summed E-state index contributed by atoms with van der Waals surface area (Å²) >= 11 is 0. The van der Waals surface area contributed by atoms with Gasteiger partial charge in [0, 0.05) is 47.9 Å². The molecule has 11 heteroatoms. The van der Waals surface area contributed by atoms with E-state index in [1.165, 1.54) is 12.3 Å². The van der Waals surface area contributed by atoms with E-state index in [0.29, 0.717) is 35.4 Å². The largest absolute Gasteiger partial charge is 0.444 e. The third-order valence-corrected chi connectivity index (χ3v) is 6.22. The first-order valence-electron chi connectivity index (χ1n) is 13.0. The minimum absolute atomic E-state index is 0.135. The van der Waals surface area contributed by atoms with E-state index in [2.05, 4.69) is 37.5 Å². The Bertz CT molecular complexity index is 1610. The minimum atomic E-state index is -0.519. The predicted octanol–water partition coefficient (Wildman–Crippen LogP) is 5.73. The lowest BCUT2D eigenvalue weighted by atomic mass is 10.1. The van der Waals surface area contributed by atoms with Crippen LogP contribution in [0.5, 0.6) is 0 Å². The molecule has 0 saturated carbocycles. The number of hydrogen-bond donors (Lipinski definition) is 3. The van der Waals surface area contributed by atoms with Crippen LogP contribution in [0.4, 0.5) is 32.2 Å². The second-order valence-electron chi connectivity index (χ2n) is 10.6. The molecule has 210 valence electrons. The summed E-state index contributed by atoms with van der Waals surface area (Å²) in [5.74, 6) is -0.599. The van der Waals surface area contributed by atoms with Crippen molar-refractivity contribution in [3.63, 3.8) is 0 Å². The first kappa shape index (κ1) is 27.5. The van der Waals surface area contributed by atoms with Crippen molar-refractivity contribution >= 4 is 45.9 Å². The molecule has 41 heavy (non-hydrogen) atoms. The summed E-state index contributed by atoms with van der Waals surface area (Å²) in [6.45, 7) is 10.1. The molecule has 0 atom stereocenters. The van der Waals surface area contributed by atoms with Crippen molar-refractivity contribution in [3.8, 4) is 11.3 Å². The van der Waals surface area contributed by atoms with Gasteiger partial charge in [0.2, 0.25) is 11.9 Å². The number of halogens is 1. The van der Waals surface area contributed by atoms with Gasteiger partial charge in [-0.15, -0.1) is 0 Å². The summed E-state index contributed by atoms with van der Waals surface area (Å²) < 4.78 is 20.5. The van der Waals surface area contributed by atoms with Gasteiger partial charge in [-0.25, -0.2) is 19.2 Å². The number of carbonyl (C=O) groups excluding carboxylic acids is 2. The number of fused-ring (bicyclic) bond motifs is 1. The number of likely N-dealkylation sites (tertiary alicyclic amines) is 1. The fourth-order valence-corrected chi connectivity index (χ4v) is 4.27. The standard InChI is InChI=1S/C30H30FN7O3/c1-5-25(39)35-21-12-13-32-24(14-21)26-23(31)11-6-18-15-33-28(37-27(18)26)36-20-9-7-19(8-10-20)34-22-16-38(17-22)29(40)41-30(2,3)4/h5-15,22,34H,1,16-17H2,2-4H3,(H,32,35,39)(H,33,36,37). The lowest BCUT2D eigenvalue weighted by molar-refractivity contribution is -0.111. The number of aromatic nitrogens is 3. The maximum Gasteiger partial charge on any atom is 0.410 e. The van der Waals surface area contributed by atoms with Gasteiger partial charge in [0.15, 0.2) is 0 Å². The second kappa shape index (κ2) is 11.2. The summed E-state index contributed by atoms with van der Waals surface area (Å²) in [4.78, 5) is 38.8. The zero-order valence-electron chi connectivity index (χ0n) is 22.9. The van der Waals surface area contributed by atoms with Crippen molar-refractivity contribution in [2.45, 2.75) is 32.4 Å². The number of ether oxygens (including phenoxy) is 1. The molecule has 10 nitrogen and oxygen atoms in total. The van der Waals surface area contributed by atoms with Gasteiger partial charge in [0.25, 0.3) is 0 Å². The predicted molar refractivity (Wildman–Crippen MR) is 156 cm³/mol. The number of amides is 2. The van der Waals surface area contributed by atoms with Crippen LogP contribution in [-0.2, 0) is 9.53 Å². The minimum Gasteiger partial charge on any atom is -0.444 e. The Balaban J connectivity index is 1.28. The van der Waals surface area contributed by atoms with E-state index in [1.54, 1.807) is 29.3 Å². The van der Waals surface area contributed by atoms with Crippen LogP contribution in [0, 0.1) is 5.82 Å². The average molecular weight is 556 g/mol. The van der Waals surface area contributed by atoms with E-state index < -0.39 is 11.4 Å². The zero-order valence-corrected chi connectivity index (χ0v) is 22.9. The monoisotopic (exact) mass is 555 g/mol. The molecule has 4 aromatic rings. The smallest absolute Gasteiger partial charge is 0.410 e. The molecule has 0 aliphatic carbocycles. The van der Waals surface area contributed by atoms with Crippen LogP contribution >= 0.6 is 0 Å². The molecule has 0 radical (unpaired) electrons. The summed E-state index contributed by atoms with van der Waals surface area (Å²) in [5.41, 5.74) is 2.47. The van der Waals surface area contributed by atoms with Crippen molar-refractivity contribution < 1.29 is 18.7 Å². The van der Waals surface area contributed by atoms with Crippen LogP contribution in [0.2, 0.25) is 0 Å². The van der Waals surface area contributed by atoms with Crippen molar-refractivity contribution in [3.05, 3.63) is 79.4 Å². The Morgan fingerprint density at radius 1 is 1.05 bits per heavy atom. The third-order valence-electron chi connectivity index (χ3n) is 6.22. The Kier molecular flexibility index (Phi) is 7.52. The molecule has 1 aliphatic rings. The highest BCUT2D eigenvalue weighted by Gasteiger charge is 2.33. The van der Waals surface area contributed by atoms with Gasteiger partial charge in [-0.2, -0.15) is 0 Å². The number of carbonyl (C=O) groups is 2. The van der Waals surface area contributed by atoms with Crippen molar-refractivity contribution in [1.82, 2.24) is 19.9 Å². The molecule has 0 unspecified atom stereocenters. The molecule has 2 aromatic heterocycles. The van der Waals surface area contributed by atoms with Gasteiger partial charge in [-0.05, 0) is 75.4 Å². The lowest BCUT2D eigenvalue weighted by Crippen LogP contribution is -2.57. The van der Waals surface area contributed by atoms with Gasteiger partial charge in [0.05, 0.1) is 22.8 Å². The fourth-order valence-electron chi connectivity index (χ4n) is 4.27. The number of nitrogens with zero attached hydrogens (tertiary/aromatic N) is 4. The Morgan fingerprint density at radius 2 is 1.78 bits per heavy atom. The molecule has 1 fully saturated rings. The molecule has 2 amide bonds. The normalized spacial score (nSPS) is 13.3. The topological polar surface area (TPSA) is 121 Å². The molecule has 1 saturated heterocycles. The van der Waals surface area contributed by atoms with E-state index in [9.17, 15) is 9.59 Å². The van der Waals surface area contributed by atoms with Crippen LogP contribution in [0.15, 0.2) is 73.6 Å². The van der Waals surface area contributed by atoms with Crippen molar-refractivity contribution in [1.29, 1.82) is 0 Å². The van der Waals surface area contributed by atoms with E-state index >= 15 is 4.39 Å². The van der Waals surface area contributed by atoms with E-state index in [0.717, 1.165) is 17.5 Å². The van der Waals surface area contributed by atoms with Crippen molar-refractivity contribution in [2.75, 3.05) is 29.0 Å². The second-order valence-corrected chi connectivity index (χ2v) is 10.6. The maximum absolute atomic E-state index is 15.1. The first-order chi connectivity index (χ1) is 19.6. The molecule has 0 bridgehead atoms. The highest BCUT2D eigenvalue weighted by molar-refractivity contribution is 6.00. The summed E-state index contributed by atoms with van der Waals surface area (Å²) in [7, 11) is 0. The number of pyridine rings is 1. The van der Waals surface area contributed by atoms with E-state index in [1.807, 2.05) is 45.0 Å². The van der Waals surface area contributed by atoms with Crippen LogP contribution in [0.3, 0.4) is 0 Å². The molecule has 2 aromatic carbocycles. The first-order valence-corrected chi connectivity index (χ1v) is 13.0. The van der Waals surface area contributed by atoms with Crippen LogP contribution in [0.25, 0.3) is 22.2 Å². The highest BCUT2D eigenvalue weighted by atomic mass is 19.1. The van der Waals surface area contributed by atoms with Gasteiger partial charge < -0.3 is 25.6 Å². The average Bonchev–Trinajstić information content (AvgIpc) is 2.90. The summed E-state index contributed by atoms with van der Waals surface area (Å²) in [6, 6.07) is 13.8. The Morgan fingerprint density at radius 3 is 2.49 bits per heavy atom. The number of rotatable bonds is 7. The molecule has 1 aliphatic heterocycles. The number of benzene rings is 2. The van der Waals surface area contributed by atoms with E-state index in [4.69, 9.17) is 4.74 Å². The van der Waals surface area contributed by atoms with Gasteiger partial charge in [-0.3, -0.25) is 9.78 Å². The van der Waals surface area contributed by atoms with Crippen LogP contribution in [0.1, 0.15) is 20.8 Å². The summed E-state index contributed by atoms with van der Waals surface area (Å²) in [5, 5.41) is 9.86. The molecular weight excluding hydrogens is 525 g/mol. The van der Waals surface area contributed by atoms with Gasteiger partial charge >= 0.3 is 6.09 Å².